The number of nitrogens with zero attached hydrogens (tertiary/aromatic N) is 2. The van der Waals surface area contributed by atoms with E-state index < -0.39 is 0 Å². The maximum absolute atomic E-state index is 5.87. The van der Waals surface area contributed by atoms with Crippen LogP contribution in [0.5, 0.6) is 5.75 Å². The lowest BCUT2D eigenvalue weighted by atomic mass is 10.2. The zero-order valence-corrected chi connectivity index (χ0v) is 10.3. The minimum Gasteiger partial charge on any atom is -0.497 e. The Morgan fingerprint density at radius 2 is 1.94 bits per heavy atom. The number of rotatable bonds is 3. The van der Waals surface area contributed by atoms with E-state index >= 15 is 0 Å². The van der Waals surface area contributed by atoms with Crippen LogP contribution >= 0.6 is 0 Å². The van der Waals surface area contributed by atoms with Crippen molar-refractivity contribution in [1.29, 1.82) is 0 Å². The Bertz CT molecular complexity index is 500. The van der Waals surface area contributed by atoms with E-state index in [0.29, 0.717) is 0 Å². The first-order chi connectivity index (χ1) is 8.13. The van der Waals surface area contributed by atoms with E-state index in [-0.39, 0.29) is 6.04 Å². The second-order valence-electron chi connectivity index (χ2n) is 4.08. The van der Waals surface area contributed by atoms with Gasteiger partial charge in [-0.25, -0.2) is 4.98 Å². The van der Waals surface area contributed by atoms with Gasteiger partial charge in [0, 0.05) is 18.7 Å². The number of imidazole rings is 1. The Morgan fingerprint density at radius 1 is 1.29 bits per heavy atom. The summed E-state index contributed by atoms with van der Waals surface area (Å²) in [6.07, 6.45) is 1.82. The molecule has 1 heterocycles. The molecule has 0 radical (unpaired) electrons. The molecule has 1 unspecified atom stereocenters. The molecule has 2 N–H and O–H groups in total. The summed E-state index contributed by atoms with van der Waals surface area (Å²) in [5, 5.41) is 0. The molecule has 4 nitrogen and oxygen atoms in total. The van der Waals surface area contributed by atoms with E-state index in [9.17, 15) is 0 Å². The van der Waals surface area contributed by atoms with Crippen molar-refractivity contribution in [2.45, 2.75) is 13.0 Å². The van der Waals surface area contributed by atoms with Crippen LogP contribution in [0.1, 0.15) is 18.7 Å². The summed E-state index contributed by atoms with van der Waals surface area (Å²) < 4.78 is 7.15. The van der Waals surface area contributed by atoms with Gasteiger partial charge in [-0.2, -0.15) is 0 Å². The van der Waals surface area contributed by atoms with Gasteiger partial charge < -0.3 is 15.0 Å². The number of aromatic nitrogens is 2. The summed E-state index contributed by atoms with van der Waals surface area (Å²) in [6, 6.07) is 7.82. The summed E-state index contributed by atoms with van der Waals surface area (Å²) in [5.74, 6) is 1.76. The standard InChI is InChI=1S/C13H17N3O/c1-9(14)12-8-15-13(16(12)2)10-4-6-11(17-3)7-5-10/h4-9H,14H2,1-3H3. The van der Waals surface area contributed by atoms with E-state index in [1.807, 2.05) is 49.0 Å². The zero-order valence-electron chi connectivity index (χ0n) is 10.3. The molecular formula is C13H17N3O. The first-order valence-electron chi connectivity index (χ1n) is 5.55. The van der Waals surface area contributed by atoms with Crippen molar-refractivity contribution >= 4 is 0 Å². The smallest absolute Gasteiger partial charge is 0.139 e. The number of benzene rings is 1. The van der Waals surface area contributed by atoms with Crippen molar-refractivity contribution in [3.63, 3.8) is 0 Å². The topological polar surface area (TPSA) is 53.1 Å². The largest absolute Gasteiger partial charge is 0.497 e. The fourth-order valence-electron chi connectivity index (χ4n) is 1.85. The molecule has 1 atom stereocenters. The predicted octanol–water partition coefficient (Wildman–Crippen LogP) is 2.12. The van der Waals surface area contributed by atoms with Gasteiger partial charge in [-0.1, -0.05) is 0 Å². The minimum absolute atomic E-state index is 0.0144. The highest BCUT2D eigenvalue weighted by atomic mass is 16.5. The highest BCUT2D eigenvalue weighted by Crippen LogP contribution is 2.23. The average molecular weight is 231 g/mol. The van der Waals surface area contributed by atoms with Crippen LogP contribution < -0.4 is 10.5 Å². The summed E-state index contributed by atoms with van der Waals surface area (Å²) in [7, 11) is 3.63. The molecule has 0 saturated heterocycles. The SMILES string of the molecule is COc1ccc(-c2ncc(C(C)N)n2C)cc1. The number of ether oxygens (including phenoxy) is 1. The average Bonchev–Trinajstić information content (AvgIpc) is 2.71. The van der Waals surface area contributed by atoms with Crippen LogP contribution in [-0.4, -0.2) is 16.7 Å². The third kappa shape index (κ3) is 2.17. The van der Waals surface area contributed by atoms with E-state index in [1.54, 1.807) is 7.11 Å². The number of methoxy groups -OCH3 is 1. The van der Waals surface area contributed by atoms with Crippen LogP contribution in [0.3, 0.4) is 0 Å². The maximum atomic E-state index is 5.87. The molecule has 90 valence electrons. The second kappa shape index (κ2) is 4.59. The van der Waals surface area contributed by atoms with Crippen LogP contribution in [0.4, 0.5) is 0 Å². The molecule has 1 aromatic heterocycles. The van der Waals surface area contributed by atoms with Crippen molar-refractivity contribution in [2.24, 2.45) is 12.8 Å². The molecule has 17 heavy (non-hydrogen) atoms. The normalized spacial score (nSPS) is 12.5. The molecule has 0 fully saturated rings. The minimum atomic E-state index is -0.0144. The van der Waals surface area contributed by atoms with Crippen molar-refractivity contribution in [2.75, 3.05) is 7.11 Å². The summed E-state index contributed by atoms with van der Waals surface area (Å²) in [4.78, 5) is 4.40. The van der Waals surface area contributed by atoms with E-state index in [4.69, 9.17) is 10.5 Å². The quantitative estimate of drug-likeness (QED) is 0.880. The lowest BCUT2D eigenvalue weighted by Crippen LogP contribution is -2.10. The van der Waals surface area contributed by atoms with E-state index in [1.165, 1.54) is 0 Å². The summed E-state index contributed by atoms with van der Waals surface area (Å²) in [5.41, 5.74) is 7.95. The van der Waals surface area contributed by atoms with Crippen LogP contribution in [0.25, 0.3) is 11.4 Å². The maximum Gasteiger partial charge on any atom is 0.139 e. The van der Waals surface area contributed by atoms with Gasteiger partial charge in [0.05, 0.1) is 19.0 Å². The van der Waals surface area contributed by atoms with Crippen molar-refractivity contribution in [3.8, 4) is 17.1 Å². The zero-order chi connectivity index (χ0) is 12.4. The fraction of sp³-hybridized carbons (Fsp3) is 0.308. The lowest BCUT2D eigenvalue weighted by molar-refractivity contribution is 0.415. The van der Waals surface area contributed by atoms with Crippen LogP contribution in [0.15, 0.2) is 30.5 Å². The molecule has 2 aromatic rings. The molecule has 2 rings (SSSR count). The summed E-state index contributed by atoms with van der Waals surface area (Å²) >= 11 is 0. The molecule has 0 saturated carbocycles. The molecule has 1 aromatic carbocycles. The molecule has 0 amide bonds. The number of nitrogens with two attached hydrogens (primary N) is 1. The molecule has 0 aliphatic carbocycles. The van der Waals surface area contributed by atoms with Gasteiger partial charge in [-0.05, 0) is 31.2 Å². The van der Waals surface area contributed by atoms with Gasteiger partial charge in [-0.15, -0.1) is 0 Å². The van der Waals surface area contributed by atoms with Crippen LogP contribution in [0, 0.1) is 0 Å². The monoisotopic (exact) mass is 231 g/mol. The van der Waals surface area contributed by atoms with Gasteiger partial charge in [-0.3, -0.25) is 0 Å². The first kappa shape index (κ1) is 11.7. The first-order valence-corrected chi connectivity index (χ1v) is 5.55. The molecule has 0 spiro atoms. The molecular weight excluding hydrogens is 214 g/mol. The Labute approximate surface area is 101 Å². The highest BCUT2D eigenvalue weighted by molar-refractivity contribution is 5.57. The predicted molar refractivity (Wildman–Crippen MR) is 67.8 cm³/mol. The van der Waals surface area contributed by atoms with Gasteiger partial charge in [0.1, 0.15) is 11.6 Å². The van der Waals surface area contributed by atoms with E-state index in [2.05, 4.69) is 4.98 Å². The molecule has 0 bridgehead atoms. The van der Waals surface area contributed by atoms with E-state index in [0.717, 1.165) is 22.8 Å². The third-order valence-corrected chi connectivity index (χ3v) is 2.84. The van der Waals surface area contributed by atoms with Crippen LogP contribution in [0.2, 0.25) is 0 Å². The third-order valence-electron chi connectivity index (χ3n) is 2.84. The Kier molecular flexibility index (Phi) is 3.15. The Hall–Kier alpha value is -1.81. The van der Waals surface area contributed by atoms with Gasteiger partial charge in [0.15, 0.2) is 0 Å². The van der Waals surface area contributed by atoms with Gasteiger partial charge in [0.2, 0.25) is 0 Å². The Morgan fingerprint density at radius 3 is 2.41 bits per heavy atom. The number of hydrogen-bond donors (Lipinski definition) is 1. The van der Waals surface area contributed by atoms with Crippen molar-refractivity contribution < 1.29 is 4.74 Å². The van der Waals surface area contributed by atoms with Gasteiger partial charge >= 0.3 is 0 Å². The molecule has 4 heteroatoms. The number of hydrogen-bond acceptors (Lipinski definition) is 3. The van der Waals surface area contributed by atoms with Crippen molar-refractivity contribution in [3.05, 3.63) is 36.2 Å². The highest BCUT2D eigenvalue weighted by Gasteiger charge is 2.11. The summed E-state index contributed by atoms with van der Waals surface area (Å²) in [6.45, 7) is 1.95. The van der Waals surface area contributed by atoms with Gasteiger partial charge in [0.25, 0.3) is 0 Å². The van der Waals surface area contributed by atoms with Crippen molar-refractivity contribution in [1.82, 2.24) is 9.55 Å². The molecule has 0 aliphatic heterocycles. The molecule has 0 aliphatic rings. The van der Waals surface area contributed by atoms with Crippen LogP contribution in [-0.2, 0) is 7.05 Å². The lowest BCUT2D eigenvalue weighted by Gasteiger charge is -2.08. The Balaban J connectivity index is 2.39. The fourth-order valence-corrected chi connectivity index (χ4v) is 1.85. The second-order valence-corrected chi connectivity index (χ2v) is 4.08.